The molecule has 2 N–H and O–H groups in total. The third-order valence-corrected chi connectivity index (χ3v) is 3.95. The minimum atomic E-state index is -0.891. The highest BCUT2D eigenvalue weighted by atomic mass is 16.3. The van der Waals surface area contributed by atoms with Gasteiger partial charge in [-0.25, -0.2) is 0 Å². The zero-order valence-corrected chi connectivity index (χ0v) is 13.7. The molecule has 0 radical (unpaired) electrons. The van der Waals surface area contributed by atoms with Gasteiger partial charge in [-0.2, -0.15) is 0 Å². The molecule has 23 heavy (non-hydrogen) atoms. The molecule has 3 heteroatoms. The van der Waals surface area contributed by atoms with Crippen LogP contribution in [0, 0.1) is 0 Å². The second kappa shape index (κ2) is 8.49. The Morgan fingerprint density at radius 2 is 1.48 bits per heavy atom. The van der Waals surface area contributed by atoms with Gasteiger partial charge in [0.15, 0.2) is 0 Å². The van der Waals surface area contributed by atoms with Crippen LogP contribution in [-0.4, -0.2) is 23.2 Å². The molecule has 0 spiro atoms. The lowest BCUT2D eigenvalue weighted by atomic mass is 9.96. The molecular weight excluding hydrogens is 286 g/mol. The van der Waals surface area contributed by atoms with E-state index in [4.69, 9.17) is 0 Å². The monoisotopic (exact) mass is 311 g/mol. The molecule has 0 aliphatic heterocycles. The van der Waals surface area contributed by atoms with Crippen LogP contribution in [0.25, 0.3) is 0 Å². The van der Waals surface area contributed by atoms with E-state index in [2.05, 4.69) is 17.4 Å². The highest BCUT2D eigenvalue weighted by Gasteiger charge is 2.20. The van der Waals surface area contributed by atoms with Gasteiger partial charge in [0.2, 0.25) is 5.91 Å². The molecule has 2 aromatic carbocycles. The maximum atomic E-state index is 11.9. The minimum Gasteiger partial charge on any atom is -0.388 e. The van der Waals surface area contributed by atoms with E-state index in [1.165, 1.54) is 5.56 Å². The van der Waals surface area contributed by atoms with Crippen molar-refractivity contribution in [3.05, 3.63) is 71.8 Å². The van der Waals surface area contributed by atoms with E-state index in [-0.39, 0.29) is 12.5 Å². The molecule has 0 aliphatic rings. The van der Waals surface area contributed by atoms with Gasteiger partial charge < -0.3 is 10.4 Å². The molecule has 2 rings (SSSR count). The van der Waals surface area contributed by atoms with Crippen LogP contribution < -0.4 is 5.32 Å². The fourth-order valence-corrected chi connectivity index (χ4v) is 2.43. The fraction of sp³-hybridized carbons (Fsp3) is 0.350. The maximum Gasteiger partial charge on any atom is 0.220 e. The maximum absolute atomic E-state index is 11.9. The van der Waals surface area contributed by atoms with Gasteiger partial charge in [-0.3, -0.25) is 4.79 Å². The predicted octanol–water partition coefficient (Wildman–Crippen LogP) is 3.12. The number of rotatable bonds is 8. The van der Waals surface area contributed by atoms with Crippen LogP contribution in [0.2, 0.25) is 0 Å². The highest BCUT2D eigenvalue weighted by molar-refractivity contribution is 5.76. The van der Waals surface area contributed by atoms with Crippen LogP contribution in [0.3, 0.4) is 0 Å². The number of aryl methyl sites for hydroxylation is 2. The van der Waals surface area contributed by atoms with Crippen molar-refractivity contribution in [3.8, 4) is 0 Å². The summed E-state index contributed by atoms with van der Waals surface area (Å²) in [4.78, 5) is 11.9. The number of hydrogen-bond acceptors (Lipinski definition) is 2. The average Bonchev–Trinajstić information content (AvgIpc) is 2.58. The number of nitrogens with one attached hydrogen (secondary N) is 1. The second-order valence-corrected chi connectivity index (χ2v) is 6.24. The van der Waals surface area contributed by atoms with Gasteiger partial charge in [0, 0.05) is 13.0 Å². The summed E-state index contributed by atoms with van der Waals surface area (Å²) in [6.45, 7) is 2.06. The van der Waals surface area contributed by atoms with E-state index in [1.54, 1.807) is 6.92 Å². The van der Waals surface area contributed by atoms with Gasteiger partial charge in [-0.1, -0.05) is 60.7 Å². The smallest absolute Gasteiger partial charge is 0.220 e. The van der Waals surface area contributed by atoms with Crippen LogP contribution >= 0.6 is 0 Å². The van der Waals surface area contributed by atoms with Gasteiger partial charge in [0.25, 0.3) is 0 Å². The number of benzene rings is 2. The first kappa shape index (κ1) is 17.2. The molecule has 0 heterocycles. The summed E-state index contributed by atoms with van der Waals surface area (Å²) in [5, 5.41) is 13.2. The summed E-state index contributed by atoms with van der Waals surface area (Å²) in [5.74, 6) is -0.0196. The van der Waals surface area contributed by atoms with Gasteiger partial charge >= 0.3 is 0 Å². The zero-order valence-electron chi connectivity index (χ0n) is 13.7. The van der Waals surface area contributed by atoms with Crippen molar-refractivity contribution < 1.29 is 9.90 Å². The predicted molar refractivity (Wildman–Crippen MR) is 93.2 cm³/mol. The topological polar surface area (TPSA) is 49.3 Å². The van der Waals surface area contributed by atoms with Crippen LogP contribution in [0.4, 0.5) is 0 Å². The summed E-state index contributed by atoms with van der Waals surface area (Å²) in [6.07, 6.45) is 2.58. The number of carbonyl (C=O) groups is 1. The van der Waals surface area contributed by atoms with E-state index in [1.807, 2.05) is 48.5 Å². The molecule has 1 atom stereocenters. The number of amides is 1. The Morgan fingerprint density at radius 1 is 0.957 bits per heavy atom. The lowest BCUT2D eigenvalue weighted by Gasteiger charge is -2.23. The number of aliphatic hydroxyl groups is 1. The molecule has 0 aliphatic carbocycles. The standard InChI is InChI=1S/C20H25NO2/c1-20(23,15-14-18-10-6-3-7-11-18)16-21-19(22)13-12-17-8-4-2-5-9-17/h2-11,23H,12-16H2,1H3,(H,21,22). The Hall–Kier alpha value is -2.13. The molecule has 0 saturated carbocycles. The minimum absolute atomic E-state index is 0.0196. The molecule has 122 valence electrons. The van der Waals surface area contributed by atoms with Gasteiger partial charge in [-0.05, 0) is 37.3 Å². The Kier molecular flexibility index (Phi) is 6.36. The molecule has 1 unspecified atom stereocenters. The van der Waals surface area contributed by atoms with Crippen molar-refractivity contribution in [1.82, 2.24) is 5.32 Å². The van der Waals surface area contributed by atoms with Gasteiger partial charge in [0.05, 0.1) is 5.60 Å². The van der Waals surface area contributed by atoms with E-state index in [9.17, 15) is 9.90 Å². The molecule has 2 aromatic rings. The quantitative estimate of drug-likeness (QED) is 0.787. The second-order valence-electron chi connectivity index (χ2n) is 6.24. The van der Waals surface area contributed by atoms with Crippen LogP contribution in [0.15, 0.2) is 60.7 Å². The first-order chi connectivity index (χ1) is 11.1. The summed E-state index contributed by atoms with van der Waals surface area (Å²) in [5.41, 5.74) is 1.46. The van der Waals surface area contributed by atoms with Crippen LogP contribution in [-0.2, 0) is 17.6 Å². The molecule has 0 saturated heterocycles. The van der Waals surface area contributed by atoms with Crippen molar-refractivity contribution in [3.63, 3.8) is 0 Å². The van der Waals surface area contributed by atoms with Crippen molar-refractivity contribution >= 4 is 5.91 Å². The molecule has 0 fully saturated rings. The van der Waals surface area contributed by atoms with E-state index in [0.29, 0.717) is 12.8 Å². The van der Waals surface area contributed by atoms with Crippen molar-refractivity contribution in [2.24, 2.45) is 0 Å². The van der Waals surface area contributed by atoms with E-state index < -0.39 is 5.60 Å². The Balaban J connectivity index is 1.69. The lowest BCUT2D eigenvalue weighted by Crippen LogP contribution is -2.41. The normalized spacial score (nSPS) is 13.3. The fourth-order valence-electron chi connectivity index (χ4n) is 2.43. The average molecular weight is 311 g/mol. The lowest BCUT2D eigenvalue weighted by molar-refractivity contribution is -0.122. The molecular formula is C20H25NO2. The summed E-state index contributed by atoms with van der Waals surface area (Å²) < 4.78 is 0. The van der Waals surface area contributed by atoms with Crippen LogP contribution in [0.1, 0.15) is 30.9 Å². The molecule has 0 bridgehead atoms. The number of hydrogen-bond donors (Lipinski definition) is 2. The highest BCUT2D eigenvalue weighted by Crippen LogP contribution is 2.13. The number of carbonyl (C=O) groups excluding carboxylic acids is 1. The van der Waals surface area contributed by atoms with Gasteiger partial charge in [0.1, 0.15) is 0 Å². The van der Waals surface area contributed by atoms with E-state index >= 15 is 0 Å². The largest absolute Gasteiger partial charge is 0.388 e. The Bertz CT molecular complexity index is 594. The summed E-state index contributed by atoms with van der Waals surface area (Å²) >= 11 is 0. The van der Waals surface area contributed by atoms with Crippen LogP contribution in [0.5, 0.6) is 0 Å². The molecule has 0 aromatic heterocycles. The zero-order chi connectivity index (χ0) is 16.5. The third kappa shape index (κ3) is 6.66. The Labute approximate surface area is 138 Å². The summed E-state index contributed by atoms with van der Waals surface area (Å²) in [6, 6.07) is 20.0. The van der Waals surface area contributed by atoms with E-state index in [0.717, 1.165) is 18.4 Å². The third-order valence-electron chi connectivity index (χ3n) is 3.95. The first-order valence-corrected chi connectivity index (χ1v) is 8.12. The summed E-state index contributed by atoms with van der Waals surface area (Å²) in [7, 11) is 0. The first-order valence-electron chi connectivity index (χ1n) is 8.12. The molecule has 1 amide bonds. The SMILES string of the molecule is CC(O)(CCc1ccccc1)CNC(=O)CCc1ccccc1. The van der Waals surface area contributed by atoms with Crippen molar-refractivity contribution in [1.29, 1.82) is 0 Å². The van der Waals surface area contributed by atoms with Gasteiger partial charge in [-0.15, -0.1) is 0 Å². The van der Waals surface area contributed by atoms with Crippen molar-refractivity contribution in [2.75, 3.05) is 6.54 Å². The molecule has 3 nitrogen and oxygen atoms in total. The van der Waals surface area contributed by atoms with Crippen molar-refractivity contribution in [2.45, 2.75) is 38.2 Å². The Morgan fingerprint density at radius 3 is 2.04 bits per heavy atom.